The molecule has 0 aliphatic heterocycles. The first-order valence-corrected chi connectivity index (χ1v) is 5.62. The molecular formula is C14H10ClNO2. The van der Waals surface area contributed by atoms with Gasteiger partial charge in [0.05, 0.1) is 23.8 Å². The van der Waals surface area contributed by atoms with E-state index in [2.05, 4.69) is 0 Å². The number of hydrogen-bond donors (Lipinski definition) is 0. The van der Waals surface area contributed by atoms with Crippen LogP contribution in [0.15, 0.2) is 42.5 Å². The van der Waals surface area contributed by atoms with Crippen LogP contribution in [0.2, 0.25) is 5.02 Å². The normalized spacial score (nSPS) is 9.61. The summed E-state index contributed by atoms with van der Waals surface area (Å²) in [6, 6.07) is 14.1. The summed E-state index contributed by atoms with van der Waals surface area (Å²) in [4.78, 5) is 0. The monoisotopic (exact) mass is 259 g/mol. The van der Waals surface area contributed by atoms with Crippen molar-refractivity contribution < 1.29 is 9.47 Å². The first kappa shape index (κ1) is 12.3. The molecule has 0 bridgehead atoms. The Morgan fingerprint density at radius 3 is 2.56 bits per heavy atom. The van der Waals surface area contributed by atoms with E-state index in [0.29, 0.717) is 27.8 Å². The van der Waals surface area contributed by atoms with Crippen LogP contribution in [-0.4, -0.2) is 7.11 Å². The maximum absolute atomic E-state index is 8.74. The lowest BCUT2D eigenvalue weighted by atomic mass is 10.2. The fourth-order valence-electron chi connectivity index (χ4n) is 1.44. The number of ether oxygens (including phenoxy) is 2. The maximum Gasteiger partial charge on any atom is 0.146 e. The molecule has 0 spiro atoms. The Morgan fingerprint density at radius 1 is 1.11 bits per heavy atom. The van der Waals surface area contributed by atoms with Crippen molar-refractivity contribution in [3.63, 3.8) is 0 Å². The number of methoxy groups -OCH3 is 1. The van der Waals surface area contributed by atoms with Crippen LogP contribution in [0.4, 0.5) is 0 Å². The number of hydrogen-bond acceptors (Lipinski definition) is 3. The van der Waals surface area contributed by atoms with Gasteiger partial charge >= 0.3 is 0 Å². The van der Waals surface area contributed by atoms with E-state index in [1.807, 2.05) is 18.2 Å². The van der Waals surface area contributed by atoms with Gasteiger partial charge in [0.2, 0.25) is 0 Å². The summed E-state index contributed by atoms with van der Waals surface area (Å²) in [5, 5.41) is 9.14. The Kier molecular flexibility index (Phi) is 3.71. The molecule has 2 aromatic carbocycles. The van der Waals surface area contributed by atoms with Crippen molar-refractivity contribution in [3.8, 4) is 23.3 Å². The second kappa shape index (κ2) is 5.44. The molecular weight excluding hydrogens is 250 g/mol. The molecule has 0 N–H and O–H groups in total. The van der Waals surface area contributed by atoms with Gasteiger partial charge in [-0.1, -0.05) is 17.7 Å². The number of nitriles is 1. The van der Waals surface area contributed by atoms with Gasteiger partial charge in [-0.25, -0.2) is 0 Å². The van der Waals surface area contributed by atoms with Crippen LogP contribution in [0, 0.1) is 11.3 Å². The smallest absolute Gasteiger partial charge is 0.146 e. The van der Waals surface area contributed by atoms with E-state index < -0.39 is 0 Å². The average Bonchev–Trinajstić information content (AvgIpc) is 2.41. The predicted octanol–water partition coefficient (Wildman–Crippen LogP) is 4.01. The quantitative estimate of drug-likeness (QED) is 0.836. The van der Waals surface area contributed by atoms with E-state index in [1.54, 1.807) is 37.4 Å². The third-order valence-corrected chi connectivity index (χ3v) is 2.63. The molecule has 0 unspecified atom stereocenters. The van der Waals surface area contributed by atoms with E-state index in [1.165, 1.54) is 0 Å². The van der Waals surface area contributed by atoms with E-state index in [9.17, 15) is 0 Å². The summed E-state index contributed by atoms with van der Waals surface area (Å²) >= 11 is 6.02. The maximum atomic E-state index is 8.74. The molecule has 90 valence electrons. The zero-order valence-corrected chi connectivity index (χ0v) is 10.4. The Bertz CT molecular complexity index is 605. The Hall–Kier alpha value is -2.18. The van der Waals surface area contributed by atoms with Crippen LogP contribution in [-0.2, 0) is 0 Å². The molecule has 0 atom stereocenters. The summed E-state index contributed by atoms with van der Waals surface area (Å²) in [5.74, 6) is 1.84. The van der Waals surface area contributed by atoms with Crippen molar-refractivity contribution in [3.05, 3.63) is 53.1 Å². The zero-order chi connectivity index (χ0) is 13.0. The van der Waals surface area contributed by atoms with E-state index in [0.717, 1.165) is 0 Å². The van der Waals surface area contributed by atoms with Gasteiger partial charge in [-0.15, -0.1) is 0 Å². The Balaban J connectivity index is 2.26. The van der Waals surface area contributed by atoms with Gasteiger partial charge in [-0.3, -0.25) is 0 Å². The zero-order valence-electron chi connectivity index (χ0n) is 9.68. The number of rotatable bonds is 3. The molecule has 0 radical (unpaired) electrons. The molecule has 18 heavy (non-hydrogen) atoms. The van der Waals surface area contributed by atoms with Gasteiger partial charge in [0.15, 0.2) is 0 Å². The van der Waals surface area contributed by atoms with Crippen molar-refractivity contribution in [2.24, 2.45) is 0 Å². The first-order chi connectivity index (χ1) is 8.72. The predicted molar refractivity (Wildman–Crippen MR) is 69.2 cm³/mol. The van der Waals surface area contributed by atoms with Crippen LogP contribution >= 0.6 is 11.6 Å². The minimum absolute atomic E-state index is 0.400. The molecule has 0 saturated carbocycles. The van der Waals surface area contributed by atoms with Crippen LogP contribution in [0.25, 0.3) is 0 Å². The molecule has 0 heterocycles. The van der Waals surface area contributed by atoms with E-state index >= 15 is 0 Å². The number of nitrogens with zero attached hydrogens (tertiary/aromatic N) is 1. The molecule has 0 aromatic heterocycles. The molecule has 0 fully saturated rings. The molecule has 0 saturated heterocycles. The second-order valence-corrected chi connectivity index (χ2v) is 3.95. The largest absolute Gasteiger partial charge is 0.497 e. The van der Waals surface area contributed by atoms with Gasteiger partial charge < -0.3 is 9.47 Å². The third kappa shape index (κ3) is 2.73. The van der Waals surface area contributed by atoms with Crippen LogP contribution < -0.4 is 9.47 Å². The van der Waals surface area contributed by atoms with Gasteiger partial charge in [0, 0.05) is 6.07 Å². The molecule has 0 aliphatic carbocycles. The first-order valence-electron chi connectivity index (χ1n) is 5.24. The van der Waals surface area contributed by atoms with E-state index in [4.69, 9.17) is 26.3 Å². The summed E-state index contributed by atoms with van der Waals surface area (Å²) in [6.07, 6.45) is 0. The highest BCUT2D eigenvalue weighted by Gasteiger charge is 2.05. The Labute approximate surface area is 110 Å². The minimum Gasteiger partial charge on any atom is -0.497 e. The SMILES string of the molecule is COc1cccc(Oc2ccc(C#N)cc2Cl)c1. The lowest BCUT2D eigenvalue weighted by molar-refractivity contribution is 0.409. The topological polar surface area (TPSA) is 42.2 Å². The second-order valence-electron chi connectivity index (χ2n) is 3.54. The highest BCUT2D eigenvalue weighted by molar-refractivity contribution is 6.32. The van der Waals surface area contributed by atoms with Gasteiger partial charge in [-0.2, -0.15) is 5.26 Å². The van der Waals surface area contributed by atoms with Crippen molar-refractivity contribution in [2.75, 3.05) is 7.11 Å². The average molecular weight is 260 g/mol. The van der Waals surface area contributed by atoms with Gasteiger partial charge in [0.25, 0.3) is 0 Å². The van der Waals surface area contributed by atoms with Crippen molar-refractivity contribution in [2.45, 2.75) is 0 Å². The summed E-state index contributed by atoms with van der Waals surface area (Å²) < 4.78 is 10.7. The summed E-state index contributed by atoms with van der Waals surface area (Å²) in [7, 11) is 1.59. The standard InChI is InChI=1S/C14H10ClNO2/c1-17-11-3-2-4-12(8-11)18-14-6-5-10(9-16)7-13(14)15/h2-8H,1H3. The van der Waals surface area contributed by atoms with Gasteiger partial charge in [-0.05, 0) is 30.3 Å². The van der Waals surface area contributed by atoms with E-state index in [-0.39, 0.29) is 0 Å². The minimum atomic E-state index is 0.400. The highest BCUT2D eigenvalue weighted by atomic mass is 35.5. The fraction of sp³-hybridized carbons (Fsp3) is 0.0714. The van der Waals surface area contributed by atoms with Gasteiger partial charge in [0.1, 0.15) is 17.2 Å². The molecule has 0 amide bonds. The molecule has 2 rings (SSSR count). The van der Waals surface area contributed by atoms with Crippen LogP contribution in [0.3, 0.4) is 0 Å². The summed E-state index contributed by atoms with van der Waals surface area (Å²) in [6.45, 7) is 0. The van der Waals surface area contributed by atoms with Crippen molar-refractivity contribution >= 4 is 11.6 Å². The lowest BCUT2D eigenvalue weighted by Crippen LogP contribution is -1.88. The molecule has 3 nitrogen and oxygen atoms in total. The summed E-state index contributed by atoms with van der Waals surface area (Å²) in [5.41, 5.74) is 0.498. The fourth-order valence-corrected chi connectivity index (χ4v) is 1.66. The lowest BCUT2D eigenvalue weighted by Gasteiger charge is -2.08. The highest BCUT2D eigenvalue weighted by Crippen LogP contribution is 2.31. The molecule has 4 heteroatoms. The van der Waals surface area contributed by atoms with Crippen molar-refractivity contribution in [1.29, 1.82) is 5.26 Å². The third-order valence-electron chi connectivity index (χ3n) is 2.33. The molecule has 2 aromatic rings. The van der Waals surface area contributed by atoms with Crippen LogP contribution in [0.5, 0.6) is 17.2 Å². The number of halogens is 1. The van der Waals surface area contributed by atoms with Crippen LogP contribution in [0.1, 0.15) is 5.56 Å². The Morgan fingerprint density at radius 2 is 1.89 bits per heavy atom. The number of benzene rings is 2. The van der Waals surface area contributed by atoms with Crippen molar-refractivity contribution in [1.82, 2.24) is 0 Å². The molecule has 0 aliphatic rings.